The number of sulfonamides is 1. The van der Waals surface area contributed by atoms with Crippen LogP contribution in [0.4, 0.5) is 11.6 Å². The molecule has 2 aromatic rings. The highest BCUT2D eigenvalue weighted by Gasteiger charge is 2.36. The van der Waals surface area contributed by atoms with Crippen LogP contribution in [0.1, 0.15) is 23.2 Å². The summed E-state index contributed by atoms with van der Waals surface area (Å²) in [5.74, 6) is 0.356. The van der Waals surface area contributed by atoms with Gasteiger partial charge in [-0.05, 0) is 25.0 Å². The van der Waals surface area contributed by atoms with Gasteiger partial charge in [0.2, 0.25) is 16.0 Å². The number of benzene rings is 1. The van der Waals surface area contributed by atoms with Crippen LogP contribution in [0.25, 0.3) is 0 Å². The van der Waals surface area contributed by atoms with E-state index in [-0.39, 0.29) is 16.7 Å². The Morgan fingerprint density at radius 3 is 2.66 bits per heavy atom. The fourth-order valence-corrected chi connectivity index (χ4v) is 5.16. The molecule has 2 aliphatic rings. The zero-order valence-corrected chi connectivity index (χ0v) is 17.2. The molecule has 0 aliphatic carbocycles. The van der Waals surface area contributed by atoms with E-state index in [1.165, 1.54) is 12.4 Å². The Morgan fingerprint density at radius 2 is 1.93 bits per heavy atom. The van der Waals surface area contributed by atoms with Crippen molar-refractivity contribution in [1.82, 2.24) is 19.6 Å². The highest BCUT2D eigenvalue weighted by atomic mass is 32.2. The summed E-state index contributed by atoms with van der Waals surface area (Å²) in [6.07, 6.45) is 4.23. The summed E-state index contributed by atoms with van der Waals surface area (Å²) >= 11 is 0. The van der Waals surface area contributed by atoms with E-state index >= 15 is 0 Å². The van der Waals surface area contributed by atoms with E-state index in [0.717, 1.165) is 12.8 Å². The minimum atomic E-state index is -3.58. The molecule has 3 heterocycles. The van der Waals surface area contributed by atoms with Gasteiger partial charge in [-0.1, -0.05) is 12.1 Å². The summed E-state index contributed by atoms with van der Waals surface area (Å²) in [5.41, 5.74) is 1.02. The van der Waals surface area contributed by atoms with Gasteiger partial charge >= 0.3 is 0 Å². The second-order valence-corrected chi connectivity index (χ2v) is 9.24. The number of likely N-dealkylation sites (tertiary alicyclic amines) is 1. The topological polar surface area (TPSA) is 108 Å². The minimum absolute atomic E-state index is 0.0437. The van der Waals surface area contributed by atoms with Crippen LogP contribution in [0.3, 0.4) is 0 Å². The number of rotatable bonds is 3. The average Bonchev–Trinajstić information content (AvgIpc) is 2.73. The monoisotopic (exact) mass is 416 g/mol. The Morgan fingerprint density at radius 1 is 1.21 bits per heavy atom. The summed E-state index contributed by atoms with van der Waals surface area (Å²) in [6.45, 7) is 1.08. The molecule has 2 atom stereocenters. The Hall–Kier alpha value is -2.72. The third-order valence-electron chi connectivity index (χ3n) is 5.27. The minimum Gasteiger partial charge on any atom is -0.368 e. The predicted octanol–water partition coefficient (Wildman–Crippen LogP) is 1.12. The molecule has 154 valence electrons. The summed E-state index contributed by atoms with van der Waals surface area (Å²) < 4.78 is 27.9. The van der Waals surface area contributed by atoms with Crippen molar-refractivity contribution in [3.63, 3.8) is 0 Å². The van der Waals surface area contributed by atoms with Crippen molar-refractivity contribution >= 4 is 27.6 Å². The zero-order chi connectivity index (χ0) is 20.6. The van der Waals surface area contributed by atoms with Crippen LogP contribution in [0.5, 0.6) is 0 Å². The second-order valence-electron chi connectivity index (χ2n) is 7.56. The lowest BCUT2D eigenvalue weighted by molar-refractivity contribution is 0.0658. The predicted molar refractivity (Wildman–Crippen MR) is 109 cm³/mol. The second kappa shape index (κ2) is 7.60. The first-order valence-corrected chi connectivity index (χ1v) is 11.0. The standard InChI is InChI=1S/C19H24N6O3S/c1-24(2)19-20-10-14(11-21-19)18(26)25-9-5-6-13(12-25)17-22-15-7-3-4-8-16(15)29(27,28)23-17/h3-4,7-8,10-11,13,17,22-23H,5-6,9,12H2,1-2H3/t13-,17+/m0/s1. The quantitative estimate of drug-likeness (QED) is 0.772. The number of amides is 1. The zero-order valence-electron chi connectivity index (χ0n) is 16.4. The molecule has 0 saturated carbocycles. The fraction of sp³-hybridized carbons (Fsp3) is 0.421. The van der Waals surface area contributed by atoms with Crippen LogP contribution >= 0.6 is 0 Å². The molecule has 1 fully saturated rings. The van der Waals surface area contributed by atoms with Gasteiger partial charge in [0.1, 0.15) is 4.90 Å². The smallest absolute Gasteiger partial charge is 0.257 e. The van der Waals surface area contributed by atoms with Crippen molar-refractivity contribution in [3.8, 4) is 0 Å². The molecule has 1 aromatic carbocycles. The van der Waals surface area contributed by atoms with Gasteiger partial charge in [-0.3, -0.25) is 4.79 Å². The number of piperidine rings is 1. The van der Waals surface area contributed by atoms with Gasteiger partial charge in [-0.25, -0.2) is 18.4 Å². The van der Waals surface area contributed by atoms with E-state index in [4.69, 9.17) is 0 Å². The van der Waals surface area contributed by atoms with E-state index in [9.17, 15) is 13.2 Å². The first kappa shape index (κ1) is 19.6. The largest absolute Gasteiger partial charge is 0.368 e. The number of anilines is 2. The molecule has 10 heteroatoms. The van der Waals surface area contributed by atoms with Crippen molar-refractivity contribution in [2.45, 2.75) is 23.9 Å². The lowest BCUT2D eigenvalue weighted by Crippen LogP contribution is -2.54. The van der Waals surface area contributed by atoms with Crippen LogP contribution in [0.15, 0.2) is 41.6 Å². The lowest BCUT2D eigenvalue weighted by Gasteiger charge is -2.39. The van der Waals surface area contributed by atoms with Gasteiger partial charge in [0, 0.05) is 45.5 Å². The molecule has 2 aliphatic heterocycles. The van der Waals surface area contributed by atoms with Gasteiger partial charge in [0.25, 0.3) is 5.91 Å². The first-order chi connectivity index (χ1) is 13.8. The maximum atomic E-state index is 12.9. The maximum absolute atomic E-state index is 12.9. The highest BCUT2D eigenvalue weighted by molar-refractivity contribution is 7.89. The van der Waals surface area contributed by atoms with Crippen molar-refractivity contribution in [2.24, 2.45) is 5.92 Å². The molecular formula is C19H24N6O3S. The number of fused-ring (bicyclic) bond motifs is 1. The van der Waals surface area contributed by atoms with E-state index in [1.807, 2.05) is 14.1 Å². The van der Waals surface area contributed by atoms with Crippen molar-refractivity contribution in [1.29, 1.82) is 0 Å². The molecule has 0 spiro atoms. The molecule has 1 saturated heterocycles. The summed E-state index contributed by atoms with van der Waals surface area (Å²) in [6, 6.07) is 6.84. The summed E-state index contributed by atoms with van der Waals surface area (Å²) in [5, 5.41) is 3.28. The molecule has 0 radical (unpaired) electrons. The van der Waals surface area contributed by atoms with Gasteiger partial charge in [-0.2, -0.15) is 4.72 Å². The van der Waals surface area contributed by atoms with Crippen LogP contribution in [-0.2, 0) is 10.0 Å². The Bertz CT molecular complexity index is 1010. The van der Waals surface area contributed by atoms with Crippen molar-refractivity contribution in [2.75, 3.05) is 37.4 Å². The maximum Gasteiger partial charge on any atom is 0.257 e. The van der Waals surface area contributed by atoms with Gasteiger partial charge in [0.05, 0.1) is 17.4 Å². The molecule has 0 unspecified atom stereocenters. The Kier molecular flexibility index (Phi) is 5.13. The van der Waals surface area contributed by atoms with E-state index in [2.05, 4.69) is 20.0 Å². The van der Waals surface area contributed by atoms with E-state index in [0.29, 0.717) is 30.3 Å². The SMILES string of the molecule is CN(C)c1ncc(C(=O)N2CCC[C@H]([C@@H]3Nc4ccccc4S(=O)(=O)N3)C2)cn1. The number of hydrogen-bond donors (Lipinski definition) is 2. The van der Waals surface area contributed by atoms with Crippen molar-refractivity contribution < 1.29 is 13.2 Å². The van der Waals surface area contributed by atoms with Gasteiger partial charge < -0.3 is 15.1 Å². The molecule has 1 amide bonds. The van der Waals surface area contributed by atoms with Crippen LogP contribution < -0.4 is 14.9 Å². The number of aromatic nitrogens is 2. The number of nitrogens with one attached hydrogen (secondary N) is 2. The summed E-state index contributed by atoms with van der Waals surface area (Å²) in [4.78, 5) is 25.1. The van der Waals surface area contributed by atoms with E-state index < -0.39 is 16.2 Å². The number of carbonyl (C=O) groups is 1. The Labute approximate surface area is 170 Å². The number of hydrogen-bond acceptors (Lipinski definition) is 7. The number of para-hydroxylation sites is 1. The molecule has 29 heavy (non-hydrogen) atoms. The van der Waals surface area contributed by atoms with Crippen LogP contribution in [0, 0.1) is 5.92 Å². The van der Waals surface area contributed by atoms with Gasteiger partial charge in [0.15, 0.2) is 0 Å². The number of carbonyl (C=O) groups excluding carboxylic acids is 1. The molecule has 0 bridgehead atoms. The molecule has 2 N–H and O–H groups in total. The van der Waals surface area contributed by atoms with Gasteiger partial charge in [-0.15, -0.1) is 0 Å². The van der Waals surface area contributed by atoms with Crippen LogP contribution in [0.2, 0.25) is 0 Å². The lowest BCUT2D eigenvalue weighted by atomic mass is 9.94. The number of nitrogens with zero attached hydrogens (tertiary/aromatic N) is 4. The first-order valence-electron chi connectivity index (χ1n) is 9.52. The van der Waals surface area contributed by atoms with Crippen molar-refractivity contribution in [3.05, 3.63) is 42.2 Å². The van der Waals surface area contributed by atoms with Crippen LogP contribution in [-0.4, -0.2) is 62.5 Å². The third kappa shape index (κ3) is 3.90. The normalized spacial score (nSPS) is 23.0. The molecule has 1 aromatic heterocycles. The average molecular weight is 417 g/mol. The third-order valence-corrected chi connectivity index (χ3v) is 6.77. The fourth-order valence-electron chi connectivity index (χ4n) is 3.77. The van der Waals surface area contributed by atoms with E-state index in [1.54, 1.807) is 34.1 Å². The molecule has 4 rings (SSSR count). The molecular weight excluding hydrogens is 392 g/mol. The Balaban J connectivity index is 1.49. The summed E-state index contributed by atoms with van der Waals surface area (Å²) in [7, 11) is 0.0875. The molecule has 9 nitrogen and oxygen atoms in total. The highest BCUT2D eigenvalue weighted by Crippen LogP contribution is 2.30.